The average molecular weight is 221 g/mol. The van der Waals surface area contributed by atoms with Gasteiger partial charge in [-0.3, -0.25) is 0 Å². The molecule has 13 heavy (non-hydrogen) atoms. The summed E-state index contributed by atoms with van der Waals surface area (Å²) in [5.74, 6) is 0. The van der Waals surface area contributed by atoms with Gasteiger partial charge in [-0.15, -0.1) is 0 Å². The third-order valence-corrected chi connectivity index (χ3v) is 2.27. The zero-order chi connectivity index (χ0) is 10.1. The van der Waals surface area contributed by atoms with Crippen molar-refractivity contribution in [2.24, 2.45) is 5.73 Å². The summed E-state index contributed by atoms with van der Waals surface area (Å²) in [6, 6.07) is 1.56. The van der Waals surface area contributed by atoms with Crippen LogP contribution in [0, 0.1) is 0 Å². The highest BCUT2D eigenvalue weighted by Gasteiger charge is 2.23. The van der Waals surface area contributed by atoms with Gasteiger partial charge in [-0.1, -0.05) is 23.2 Å². The van der Waals surface area contributed by atoms with Gasteiger partial charge in [0.1, 0.15) is 5.15 Å². The molecule has 0 aliphatic carbocycles. The van der Waals surface area contributed by atoms with E-state index in [2.05, 4.69) is 4.98 Å². The van der Waals surface area contributed by atoms with E-state index < -0.39 is 5.54 Å². The second-order valence-electron chi connectivity index (χ2n) is 3.06. The largest absolute Gasteiger partial charge is 0.394 e. The Labute approximate surface area is 86.5 Å². The molecule has 0 unspecified atom stereocenters. The van der Waals surface area contributed by atoms with Crippen LogP contribution in [0.2, 0.25) is 10.2 Å². The molecule has 72 valence electrons. The third kappa shape index (κ3) is 2.31. The van der Waals surface area contributed by atoms with Gasteiger partial charge in [0.25, 0.3) is 0 Å². The lowest BCUT2D eigenvalue weighted by molar-refractivity contribution is 0.210. The van der Waals surface area contributed by atoms with Crippen molar-refractivity contribution in [3.8, 4) is 0 Å². The lowest BCUT2D eigenvalue weighted by atomic mass is 9.95. The van der Waals surface area contributed by atoms with Crippen molar-refractivity contribution >= 4 is 23.2 Å². The van der Waals surface area contributed by atoms with Crippen LogP contribution in [0.15, 0.2) is 12.3 Å². The lowest BCUT2D eigenvalue weighted by Crippen LogP contribution is -2.37. The first-order valence-corrected chi connectivity index (χ1v) is 4.44. The molecule has 0 fully saturated rings. The molecule has 0 spiro atoms. The van der Waals surface area contributed by atoms with Crippen LogP contribution in [-0.4, -0.2) is 16.7 Å². The number of hydrogen-bond acceptors (Lipinski definition) is 3. The van der Waals surface area contributed by atoms with Gasteiger partial charge in [-0.05, 0) is 18.6 Å². The Morgan fingerprint density at radius 1 is 1.62 bits per heavy atom. The van der Waals surface area contributed by atoms with E-state index in [0.29, 0.717) is 15.7 Å². The number of aliphatic hydroxyl groups excluding tert-OH is 1. The topological polar surface area (TPSA) is 59.1 Å². The summed E-state index contributed by atoms with van der Waals surface area (Å²) in [4.78, 5) is 3.78. The molecule has 0 amide bonds. The molecule has 3 nitrogen and oxygen atoms in total. The number of hydrogen-bond donors (Lipinski definition) is 2. The Bertz CT molecular complexity index is 315. The molecule has 0 aromatic carbocycles. The first-order valence-electron chi connectivity index (χ1n) is 3.68. The predicted octanol–water partition coefficient (Wildman–Crippen LogP) is 1.55. The zero-order valence-electron chi connectivity index (χ0n) is 7.09. The minimum absolute atomic E-state index is 0.201. The normalized spacial score (nSPS) is 15.5. The van der Waals surface area contributed by atoms with Crippen molar-refractivity contribution in [3.05, 3.63) is 28.0 Å². The Morgan fingerprint density at radius 2 is 2.23 bits per heavy atom. The lowest BCUT2D eigenvalue weighted by Gasteiger charge is -2.23. The Morgan fingerprint density at radius 3 is 2.77 bits per heavy atom. The average Bonchev–Trinajstić information content (AvgIpc) is 2.09. The molecule has 0 aliphatic heterocycles. The summed E-state index contributed by atoms with van der Waals surface area (Å²) in [6.45, 7) is 1.47. The summed E-state index contributed by atoms with van der Waals surface area (Å²) in [6.07, 6.45) is 1.42. The van der Waals surface area contributed by atoms with Crippen molar-refractivity contribution < 1.29 is 5.11 Å². The SMILES string of the molecule is C[C@](N)(CO)c1cc(Cl)ncc1Cl. The maximum absolute atomic E-state index is 9.02. The van der Waals surface area contributed by atoms with Crippen molar-refractivity contribution in [2.45, 2.75) is 12.5 Å². The summed E-state index contributed by atoms with van der Waals surface area (Å²) in [5, 5.41) is 9.73. The molecule has 1 atom stereocenters. The highest BCUT2D eigenvalue weighted by atomic mass is 35.5. The third-order valence-electron chi connectivity index (χ3n) is 1.77. The van der Waals surface area contributed by atoms with Crippen molar-refractivity contribution in [3.63, 3.8) is 0 Å². The van der Waals surface area contributed by atoms with Gasteiger partial charge in [0, 0.05) is 6.20 Å². The van der Waals surface area contributed by atoms with Crippen molar-refractivity contribution in [1.82, 2.24) is 4.98 Å². The summed E-state index contributed by atoms with van der Waals surface area (Å²) in [5.41, 5.74) is 5.50. The monoisotopic (exact) mass is 220 g/mol. The number of pyridine rings is 1. The molecule has 0 radical (unpaired) electrons. The second-order valence-corrected chi connectivity index (χ2v) is 3.86. The number of aromatic nitrogens is 1. The van der Waals surface area contributed by atoms with E-state index >= 15 is 0 Å². The van der Waals surface area contributed by atoms with E-state index in [1.54, 1.807) is 13.0 Å². The van der Waals surface area contributed by atoms with Gasteiger partial charge in [0.05, 0.1) is 17.2 Å². The maximum atomic E-state index is 9.02. The van der Waals surface area contributed by atoms with Crippen LogP contribution in [0.5, 0.6) is 0 Å². The Hall–Kier alpha value is -0.350. The van der Waals surface area contributed by atoms with E-state index in [9.17, 15) is 0 Å². The van der Waals surface area contributed by atoms with E-state index in [4.69, 9.17) is 34.0 Å². The number of halogens is 2. The summed E-state index contributed by atoms with van der Waals surface area (Å²) in [7, 11) is 0. The molecular weight excluding hydrogens is 211 g/mol. The molecule has 1 rings (SSSR count). The summed E-state index contributed by atoms with van der Waals surface area (Å²) < 4.78 is 0. The van der Waals surface area contributed by atoms with Gasteiger partial charge < -0.3 is 10.8 Å². The van der Waals surface area contributed by atoms with Gasteiger partial charge in [-0.25, -0.2) is 4.98 Å². The fourth-order valence-corrected chi connectivity index (χ4v) is 1.41. The molecule has 1 heterocycles. The highest BCUT2D eigenvalue weighted by molar-refractivity contribution is 6.32. The highest BCUT2D eigenvalue weighted by Crippen LogP contribution is 2.26. The molecule has 0 bridgehead atoms. The van der Waals surface area contributed by atoms with Crippen molar-refractivity contribution in [2.75, 3.05) is 6.61 Å². The van der Waals surface area contributed by atoms with E-state index in [1.807, 2.05) is 0 Å². The standard InChI is InChI=1S/C8H10Cl2N2O/c1-8(11,4-13)5-2-7(10)12-3-6(5)9/h2-3,13H,4,11H2,1H3/t8-/m0/s1. The van der Waals surface area contributed by atoms with Crippen LogP contribution in [0.3, 0.4) is 0 Å². The number of nitrogens with two attached hydrogens (primary N) is 1. The van der Waals surface area contributed by atoms with E-state index in [-0.39, 0.29) is 6.61 Å². The minimum atomic E-state index is -0.885. The van der Waals surface area contributed by atoms with Gasteiger partial charge in [0.15, 0.2) is 0 Å². The molecule has 3 N–H and O–H groups in total. The maximum Gasteiger partial charge on any atom is 0.129 e. The Balaban J connectivity index is 3.20. The second kappa shape index (κ2) is 3.80. The molecule has 1 aromatic rings. The first kappa shape index (κ1) is 10.7. The van der Waals surface area contributed by atoms with Gasteiger partial charge in [-0.2, -0.15) is 0 Å². The van der Waals surface area contributed by atoms with Crippen LogP contribution in [0.4, 0.5) is 0 Å². The quantitative estimate of drug-likeness (QED) is 0.745. The molecular formula is C8H10Cl2N2O. The fraction of sp³-hybridized carbons (Fsp3) is 0.375. The molecule has 0 saturated carbocycles. The smallest absolute Gasteiger partial charge is 0.129 e. The van der Waals surface area contributed by atoms with Crippen LogP contribution in [0.25, 0.3) is 0 Å². The van der Waals surface area contributed by atoms with Gasteiger partial charge >= 0.3 is 0 Å². The minimum Gasteiger partial charge on any atom is -0.394 e. The molecule has 1 aromatic heterocycles. The Kier molecular flexibility index (Phi) is 3.14. The van der Waals surface area contributed by atoms with Crippen LogP contribution in [0.1, 0.15) is 12.5 Å². The zero-order valence-corrected chi connectivity index (χ0v) is 8.60. The van der Waals surface area contributed by atoms with Crippen LogP contribution < -0.4 is 5.73 Å². The van der Waals surface area contributed by atoms with Crippen molar-refractivity contribution in [1.29, 1.82) is 0 Å². The number of nitrogens with zero attached hydrogens (tertiary/aromatic N) is 1. The van der Waals surface area contributed by atoms with Crippen LogP contribution >= 0.6 is 23.2 Å². The molecule has 5 heteroatoms. The fourth-order valence-electron chi connectivity index (χ4n) is 0.936. The van der Waals surface area contributed by atoms with Gasteiger partial charge in [0.2, 0.25) is 0 Å². The molecule has 0 saturated heterocycles. The summed E-state index contributed by atoms with van der Waals surface area (Å²) >= 11 is 11.5. The van der Waals surface area contributed by atoms with E-state index in [0.717, 1.165) is 0 Å². The van der Waals surface area contributed by atoms with Crippen LogP contribution in [-0.2, 0) is 5.54 Å². The predicted molar refractivity (Wildman–Crippen MR) is 52.9 cm³/mol. The molecule has 0 aliphatic rings. The first-order chi connectivity index (χ1) is 5.97. The van der Waals surface area contributed by atoms with E-state index in [1.165, 1.54) is 6.20 Å². The number of aliphatic hydroxyl groups is 1. The number of rotatable bonds is 2.